The Morgan fingerprint density at radius 2 is 1.89 bits per heavy atom. The molecule has 1 N–H and O–H groups in total. The first-order valence-corrected chi connectivity index (χ1v) is 8.11. The average Bonchev–Trinajstić information content (AvgIpc) is 2.79. The standard InChI is InChI=1S/C18H29N/c1-4-11-19-18-16(12-14(5-2)6-3)13-15-9-7-8-10-17(15)18/h7-10,14,16,18-19H,4-6,11-13H2,1-3H3. The normalized spacial score (nSPS) is 21.9. The molecule has 0 amide bonds. The van der Waals surface area contributed by atoms with Gasteiger partial charge in [0.15, 0.2) is 0 Å². The van der Waals surface area contributed by atoms with E-state index in [1.165, 1.54) is 32.1 Å². The second kappa shape index (κ2) is 7.09. The lowest BCUT2D eigenvalue weighted by atomic mass is 9.86. The number of hydrogen-bond donors (Lipinski definition) is 1. The zero-order valence-corrected chi connectivity index (χ0v) is 12.8. The third-order valence-electron chi connectivity index (χ3n) is 4.75. The van der Waals surface area contributed by atoms with E-state index in [0.29, 0.717) is 6.04 Å². The molecule has 1 aliphatic carbocycles. The molecule has 1 aromatic carbocycles. The number of benzene rings is 1. The molecular formula is C18H29N. The van der Waals surface area contributed by atoms with E-state index in [4.69, 9.17) is 0 Å². The first-order valence-electron chi connectivity index (χ1n) is 8.11. The molecule has 0 saturated carbocycles. The Balaban J connectivity index is 2.11. The second-order valence-corrected chi connectivity index (χ2v) is 6.01. The molecule has 0 aliphatic heterocycles. The van der Waals surface area contributed by atoms with Gasteiger partial charge in [0.25, 0.3) is 0 Å². The van der Waals surface area contributed by atoms with Crippen LogP contribution in [0.5, 0.6) is 0 Å². The fourth-order valence-electron chi connectivity index (χ4n) is 3.52. The maximum Gasteiger partial charge on any atom is 0.0354 e. The summed E-state index contributed by atoms with van der Waals surface area (Å²) in [5.74, 6) is 1.69. The summed E-state index contributed by atoms with van der Waals surface area (Å²) in [5, 5.41) is 3.79. The molecule has 2 atom stereocenters. The zero-order chi connectivity index (χ0) is 13.7. The lowest BCUT2D eigenvalue weighted by molar-refractivity contribution is 0.297. The van der Waals surface area contributed by atoms with E-state index in [1.54, 1.807) is 11.1 Å². The topological polar surface area (TPSA) is 12.0 Å². The zero-order valence-electron chi connectivity index (χ0n) is 12.8. The molecule has 0 heterocycles. The van der Waals surface area contributed by atoms with Gasteiger partial charge in [-0.05, 0) is 48.8 Å². The molecular weight excluding hydrogens is 230 g/mol. The van der Waals surface area contributed by atoms with Crippen molar-refractivity contribution in [3.05, 3.63) is 35.4 Å². The maximum absolute atomic E-state index is 3.79. The smallest absolute Gasteiger partial charge is 0.0354 e. The van der Waals surface area contributed by atoms with Crippen LogP contribution in [0, 0.1) is 11.8 Å². The predicted molar refractivity (Wildman–Crippen MR) is 83.4 cm³/mol. The SMILES string of the molecule is CCCNC1c2ccccc2CC1CC(CC)CC. The van der Waals surface area contributed by atoms with Crippen LogP contribution in [0.25, 0.3) is 0 Å². The highest BCUT2D eigenvalue weighted by Crippen LogP contribution is 2.40. The minimum atomic E-state index is 0.594. The van der Waals surface area contributed by atoms with Gasteiger partial charge >= 0.3 is 0 Å². The third-order valence-corrected chi connectivity index (χ3v) is 4.75. The van der Waals surface area contributed by atoms with Gasteiger partial charge in [0.2, 0.25) is 0 Å². The van der Waals surface area contributed by atoms with E-state index in [1.807, 2.05) is 0 Å². The molecule has 1 nitrogen and oxygen atoms in total. The number of rotatable bonds is 7. The number of nitrogens with one attached hydrogen (secondary N) is 1. The monoisotopic (exact) mass is 259 g/mol. The maximum atomic E-state index is 3.79. The van der Waals surface area contributed by atoms with Crippen molar-refractivity contribution in [1.82, 2.24) is 5.32 Å². The van der Waals surface area contributed by atoms with Crippen LogP contribution >= 0.6 is 0 Å². The van der Waals surface area contributed by atoms with Crippen molar-refractivity contribution in [1.29, 1.82) is 0 Å². The van der Waals surface area contributed by atoms with E-state index >= 15 is 0 Å². The highest BCUT2D eigenvalue weighted by molar-refractivity contribution is 5.35. The highest BCUT2D eigenvalue weighted by Gasteiger charge is 2.32. The summed E-state index contributed by atoms with van der Waals surface area (Å²) in [6.07, 6.45) is 6.52. The van der Waals surface area contributed by atoms with Crippen LogP contribution in [-0.2, 0) is 6.42 Å². The molecule has 19 heavy (non-hydrogen) atoms. The Bertz CT molecular complexity index is 381. The Morgan fingerprint density at radius 3 is 2.58 bits per heavy atom. The summed E-state index contributed by atoms with van der Waals surface area (Å²) >= 11 is 0. The Labute approximate surface area is 118 Å². The van der Waals surface area contributed by atoms with Crippen LogP contribution in [0.4, 0.5) is 0 Å². The summed E-state index contributed by atoms with van der Waals surface area (Å²) < 4.78 is 0. The summed E-state index contributed by atoms with van der Waals surface area (Å²) in [7, 11) is 0. The summed E-state index contributed by atoms with van der Waals surface area (Å²) in [6.45, 7) is 8.07. The van der Waals surface area contributed by atoms with Gasteiger partial charge < -0.3 is 5.32 Å². The minimum absolute atomic E-state index is 0.594. The summed E-state index contributed by atoms with van der Waals surface area (Å²) in [4.78, 5) is 0. The summed E-state index contributed by atoms with van der Waals surface area (Å²) in [6, 6.07) is 9.63. The first kappa shape index (κ1) is 14.6. The molecule has 0 saturated heterocycles. The lowest BCUT2D eigenvalue weighted by Crippen LogP contribution is -2.27. The van der Waals surface area contributed by atoms with Gasteiger partial charge in [0.05, 0.1) is 0 Å². The summed E-state index contributed by atoms with van der Waals surface area (Å²) in [5.41, 5.74) is 3.14. The predicted octanol–water partition coefficient (Wildman–Crippen LogP) is 4.73. The minimum Gasteiger partial charge on any atom is -0.310 e. The van der Waals surface area contributed by atoms with Crippen LogP contribution in [0.1, 0.15) is 63.6 Å². The Morgan fingerprint density at radius 1 is 1.16 bits per heavy atom. The van der Waals surface area contributed by atoms with Gasteiger partial charge in [-0.3, -0.25) is 0 Å². The van der Waals surface area contributed by atoms with E-state index in [0.717, 1.165) is 18.4 Å². The highest BCUT2D eigenvalue weighted by atomic mass is 14.9. The van der Waals surface area contributed by atoms with Gasteiger partial charge in [-0.1, -0.05) is 57.9 Å². The van der Waals surface area contributed by atoms with Crippen molar-refractivity contribution in [2.75, 3.05) is 6.54 Å². The van der Waals surface area contributed by atoms with Gasteiger partial charge in [0.1, 0.15) is 0 Å². The van der Waals surface area contributed by atoms with E-state index in [-0.39, 0.29) is 0 Å². The molecule has 2 unspecified atom stereocenters. The molecule has 0 radical (unpaired) electrons. The van der Waals surface area contributed by atoms with Crippen molar-refractivity contribution >= 4 is 0 Å². The van der Waals surface area contributed by atoms with Crippen molar-refractivity contribution in [3.8, 4) is 0 Å². The largest absolute Gasteiger partial charge is 0.310 e. The molecule has 1 heteroatoms. The van der Waals surface area contributed by atoms with Crippen molar-refractivity contribution in [2.45, 2.75) is 58.9 Å². The van der Waals surface area contributed by atoms with Crippen molar-refractivity contribution in [3.63, 3.8) is 0 Å². The quantitative estimate of drug-likeness (QED) is 0.746. The van der Waals surface area contributed by atoms with Crippen LogP contribution in [0.15, 0.2) is 24.3 Å². The average molecular weight is 259 g/mol. The van der Waals surface area contributed by atoms with Crippen molar-refractivity contribution < 1.29 is 0 Å². The molecule has 106 valence electrons. The molecule has 2 rings (SSSR count). The fraction of sp³-hybridized carbons (Fsp3) is 0.667. The van der Waals surface area contributed by atoms with E-state index in [2.05, 4.69) is 50.4 Å². The molecule has 0 spiro atoms. The molecule has 1 aromatic rings. The van der Waals surface area contributed by atoms with Gasteiger partial charge in [-0.15, -0.1) is 0 Å². The number of fused-ring (bicyclic) bond motifs is 1. The lowest BCUT2D eigenvalue weighted by Gasteiger charge is -2.25. The number of hydrogen-bond acceptors (Lipinski definition) is 1. The van der Waals surface area contributed by atoms with Gasteiger partial charge in [-0.2, -0.15) is 0 Å². The molecule has 0 aromatic heterocycles. The van der Waals surface area contributed by atoms with Crippen LogP contribution in [-0.4, -0.2) is 6.54 Å². The van der Waals surface area contributed by atoms with Crippen LogP contribution in [0.2, 0.25) is 0 Å². The first-order chi connectivity index (χ1) is 9.30. The molecule has 1 aliphatic rings. The van der Waals surface area contributed by atoms with Crippen LogP contribution in [0.3, 0.4) is 0 Å². The van der Waals surface area contributed by atoms with E-state index < -0.39 is 0 Å². The molecule has 0 bridgehead atoms. The van der Waals surface area contributed by atoms with Crippen molar-refractivity contribution in [2.24, 2.45) is 11.8 Å². The van der Waals surface area contributed by atoms with Crippen LogP contribution < -0.4 is 5.32 Å². The second-order valence-electron chi connectivity index (χ2n) is 6.01. The van der Waals surface area contributed by atoms with E-state index in [9.17, 15) is 0 Å². The fourth-order valence-corrected chi connectivity index (χ4v) is 3.52. The third kappa shape index (κ3) is 3.39. The Hall–Kier alpha value is -0.820. The van der Waals surface area contributed by atoms with Gasteiger partial charge in [0, 0.05) is 6.04 Å². The Kier molecular flexibility index (Phi) is 5.45. The molecule has 0 fully saturated rings. The van der Waals surface area contributed by atoms with Gasteiger partial charge in [-0.25, -0.2) is 0 Å².